The molecule has 3 rings (SSSR count). The quantitative estimate of drug-likeness (QED) is 0.318. The highest BCUT2D eigenvalue weighted by Crippen LogP contribution is 2.25. The van der Waals surface area contributed by atoms with Gasteiger partial charge >= 0.3 is 0 Å². The van der Waals surface area contributed by atoms with Crippen LogP contribution in [0.5, 0.6) is 0 Å². The van der Waals surface area contributed by atoms with Gasteiger partial charge in [-0.1, -0.05) is 48.5 Å². The monoisotopic (exact) mass is 383 g/mol. The van der Waals surface area contributed by atoms with Crippen molar-refractivity contribution in [2.24, 2.45) is 0 Å². The highest BCUT2D eigenvalue weighted by atomic mass is 16.1. The van der Waals surface area contributed by atoms with E-state index in [1.807, 2.05) is 31.3 Å². The molecule has 29 heavy (non-hydrogen) atoms. The molecule has 0 fully saturated rings. The van der Waals surface area contributed by atoms with Gasteiger partial charge in [-0.15, -0.1) is 0 Å². The Kier molecular flexibility index (Phi) is 6.59. The van der Waals surface area contributed by atoms with E-state index in [4.69, 9.17) is 5.41 Å². The van der Waals surface area contributed by atoms with Crippen LogP contribution in [0.2, 0.25) is 0 Å². The number of hydrogen-bond acceptors (Lipinski definition) is 4. The molecule has 0 atom stereocenters. The minimum absolute atomic E-state index is 0.783. The fraction of sp³-hybridized carbons (Fsp3) is 0.120. The van der Waals surface area contributed by atoms with Crippen molar-refractivity contribution in [3.63, 3.8) is 0 Å². The Bertz CT molecular complexity index is 1020. The third-order valence-electron chi connectivity index (χ3n) is 4.86. The largest absolute Gasteiger partial charge is 0.388 e. The second-order valence-corrected chi connectivity index (χ2v) is 6.84. The average molecular weight is 383 g/mol. The topological polar surface area (TPSA) is 56.2 Å². The van der Waals surface area contributed by atoms with Crippen LogP contribution >= 0.6 is 0 Å². The standard InChI is InChI=1S/C25H25N3O/c1-27-25-13-12-22(16-23(25)17-26)21-10-8-20(9-11-21)18-28(2)24-7-3-5-19(15-24)6-4-14-29/h3-17,26-27H,18H2,1-2H3/b6-4+,26-17?. The number of anilines is 2. The molecule has 3 aromatic rings. The number of nitrogens with one attached hydrogen (secondary N) is 2. The molecule has 0 radical (unpaired) electrons. The van der Waals surface area contributed by atoms with Crippen molar-refractivity contribution in [2.75, 3.05) is 24.3 Å². The van der Waals surface area contributed by atoms with Crippen LogP contribution in [0.1, 0.15) is 16.7 Å². The summed E-state index contributed by atoms with van der Waals surface area (Å²) in [5.74, 6) is 0. The number of allylic oxidation sites excluding steroid dienone is 1. The van der Waals surface area contributed by atoms with Gasteiger partial charge in [0.1, 0.15) is 6.29 Å². The fourth-order valence-corrected chi connectivity index (χ4v) is 3.27. The van der Waals surface area contributed by atoms with E-state index in [0.29, 0.717) is 0 Å². The summed E-state index contributed by atoms with van der Waals surface area (Å²) in [6.07, 6.45) is 5.47. The van der Waals surface area contributed by atoms with Gasteiger partial charge in [0.2, 0.25) is 0 Å². The molecule has 4 heteroatoms. The number of hydrogen-bond donors (Lipinski definition) is 2. The second-order valence-electron chi connectivity index (χ2n) is 6.84. The summed E-state index contributed by atoms with van der Waals surface area (Å²) in [7, 11) is 3.92. The van der Waals surface area contributed by atoms with Gasteiger partial charge in [-0.2, -0.15) is 0 Å². The Hall–Kier alpha value is -3.66. The maximum Gasteiger partial charge on any atom is 0.142 e. The van der Waals surface area contributed by atoms with E-state index in [1.165, 1.54) is 17.9 Å². The van der Waals surface area contributed by atoms with E-state index in [1.54, 1.807) is 6.08 Å². The van der Waals surface area contributed by atoms with Crippen molar-refractivity contribution in [3.05, 3.63) is 89.5 Å². The first-order valence-electron chi connectivity index (χ1n) is 9.49. The van der Waals surface area contributed by atoms with Gasteiger partial charge in [0.05, 0.1) is 0 Å². The predicted molar refractivity (Wildman–Crippen MR) is 123 cm³/mol. The summed E-state index contributed by atoms with van der Waals surface area (Å²) < 4.78 is 0. The van der Waals surface area contributed by atoms with Crippen molar-refractivity contribution in [3.8, 4) is 11.1 Å². The van der Waals surface area contributed by atoms with Crippen molar-refractivity contribution in [1.82, 2.24) is 0 Å². The molecule has 0 aromatic heterocycles. The lowest BCUT2D eigenvalue weighted by Crippen LogP contribution is -2.16. The molecule has 0 spiro atoms. The average Bonchev–Trinajstić information content (AvgIpc) is 2.77. The molecule has 0 bridgehead atoms. The Labute approximate surface area is 172 Å². The lowest BCUT2D eigenvalue weighted by atomic mass is 10.0. The highest BCUT2D eigenvalue weighted by Gasteiger charge is 2.06. The molecule has 4 nitrogen and oxygen atoms in total. The minimum atomic E-state index is 0.783. The highest BCUT2D eigenvalue weighted by molar-refractivity contribution is 5.88. The van der Waals surface area contributed by atoms with Gasteiger partial charge in [0, 0.05) is 43.8 Å². The molecule has 0 aliphatic carbocycles. The van der Waals surface area contributed by atoms with Gasteiger partial charge in [-0.3, -0.25) is 4.79 Å². The second kappa shape index (κ2) is 9.51. The summed E-state index contributed by atoms with van der Waals surface area (Å²) in [5.41, 5.74) is 7.36. The fourth-order valence-electron chi connectivity index (χ4n) is 3.27. The number of rotatable bonds is 8. The molecule has 0 amide bonds. The van der Waals surface area contributed by atoms with E-state index < -0.39 is 0 Å². The molecule has 2 N–H and O–H groups in total. The lowest BCUT2D eigenvalue weighted by molar-refractivity contribution is -0.104. The normalized spacial score (nSPS) is 10.7. The van der Waals surface area contributed by atoms with Crippen LogP contribution < -0.4 is 10.2 Å². The van der Waals surface area contributed by atoms with Crippen molar-refractivity contribution in [1.29, 1.82) is 5.41 Å². The van der Waals surface area contributed by atoms with Gasteiger partial charge in [0.15, 0.2) is 0 Å². The van der Waals surface area contributed by atoms with Gasteiger partial charge in [-0.25, -0.2) is 0 Å². The number of benzene rings is 3. The van der Waals surface area contributed by atoms with Gasteiger partial charge in [-0.05, 0) is 52.6 Å². The Morgan fingerprint density at radius 3 is 2.45 bits per heavy atom. The molecular formula is C25H25N3O. The molecular weight excluding hydrogens is 358 g/mol. The van der Waals surface area contributed by atoms with Crippen LogP contribution in [0, 0.1) is 5.41 Å². The van der Waals surface area contributed by atoms with Crippen LogP contribution in [0.15, 0.2) is 72.8 Å². The zero-order valence-electron chi connectivity index (χ0n) is 16.7. The molecule has 3 aromatic carbocycles. The SMILES string of the molecule is CNc1ccc(-c2ccc(CN(C)c3cccc(/C=C/C=O)c3)cc2)cc1C=N. The van der Waals surface area contributed by atoms with Crippen LogP contribution in [0.25, 0.3) is 17.2 Å². The first-order valence-corrected chi connectivity index (χ1v) is 9.49. The summed E-state index contributed by atoms with van der Waals surface area (Å²) in [5, 5.41) is 10.7. The number of aldehydes is 1. The smallest absolute Gasteiger partial charge is 0.142 e. The van der Waals surface area contributed by atoms with Crippen molar-refractivity contribution in [2.45, 2.75) is 6.54 Å². The Balaban J connectivity index is 1.74. The van der Waals surface area contributed by atoms with E-state index >= 15 is 0 Å². The molecule has 0 aliphatic heterocycles. The third-order valence-corrected chi connectivity index (χ3v) is 4.86. The van der Waals surface area contributed by atoms with E-state index in [2.05, 4.69) is 59.7 Å². The number of carbonyl (C=O) groups excluding carboxylic acids is 1. The zero-order chi connectivity index (χ0) is 20.6. The Morgan fingerprint density at radius 1 is 1.00 bits per heavy atom. The van der Waals surface area contributed by atoms with Crippen molar-refractivity contribution < 1.29 is 4.79 Å². The molecule has 0 saturated carbocycles. The van der Waals surface area contributed by atoms with Crippen LogP contribution in [0.3, 0.4) is 0 Å². The maximum absolute atomic E-state index is 10.5. The minimum Gasteiger partial charge on any atom is -0.388 e. The first kappa shape index (κ1) is 20.1. The van der Waals surface area contributed by atoms with Gasteiger partial charge < -0.3 is 15.6 Å². The summed E-state index contributed by atoms with van der Waals surface area (Å²) in [6.45, 7) is 0.783. The van der Waals surface area contributed by atoms with E-state index in [0.717, 1.165) is 46.5 Å². The van der Waals surface area contributed by atoms with Crippen molar-refractivity contribution >= 4 is 30.0 Å². The maximum atomic E-state index is 10.5. The molecule has 0 saturated heterocycles. The first-order chi connectivity index (χ1) is 14.1. The molecule has 146 valence electrons. The van der Waals surface area contributed by atoms with Crippen LogP contribution in [0.4, 0.5) is 11.4 Å². The summed E-state index contributed by atoms with van der Waals surface area (Å²) in [4.78, 5) is 12.7. The summed E-state index contributed by atoms with van der Waals surface area (Å²) in [6, 6.07) is 22.7. The third kappa shape index (κ3) is 4.99. The van der Waals surface area contributed by atoms with Gasteiger partial charge in [0.25, 0.3) is 0 Å². The van der Waals surface area contributed by atoms with E-state index in [9.17, 15) is 4.79 Å². The van der Waals surface area contributed by atoms with Crippen LogP contribution in [-0.2, 0) is 11.3 Å². The zero-order valence-corrected chi connectivity index (χ0v) is 16.7. The number of carbonyl (C=O) groups is 1. The Morgan fingerprint density at radius 2 is 1.76 bits per heavy atom. The van der Waals surface area contributed by atoms with Crippen LogP contribution in [-0.4, -0.2) is 26.6 Å². The predicted octanol–water partition coefficient (Wildman–Crippen LogP) is 5.24. The summed E-state index contributed by atoms with van der Waals surface area (Å²) >= 11 is 0. The molecule has 0 aliphatic rings. The lowest BCUT2D eigenvalue weighted by Gasteiger charge is -2.20. The molecule has 0 heterocycles. The number of nitrogens with zero attached hydrogens (tertiary/aromatic N) is 1. The van der Waals surface area contributed by atoms with E-state index in [-0.39, 0.29) is 0 Å². The molecule has 0 unspecified atom stereocenters.